The Bertz CT molecular complexity index is 655. The second-order valence-corrected chi connectivity index (χ2v) is 4.43. The number of aryl methyl sites for hydroxylation is 1. The predicted octanol–water partition coefficient (Wildman–Crippen LogP) is 2.37. The van der Waals surface area contributed by atoms with Gasteiger partial charge in [0.25, 0.3) is 0 Å². The molecule has 0 saturated carbocycles. The molecule has 1 aromatic carbocycles. The van der Waals surface area contributed by atoms with Crippen molar-refractivity contribution in [3.8, 4) is 11.8 Å². The number of hydrogen-bond acceptors (Lipinski definition) is 6. The smallest absolute Gasteiger partial charge is 0.347 e. The Hall–Kier alpha value is -2.81. The number of carbonyl (C=O) groups excluding carboxylic acids is 1. The normalized spacial score (nSPS) is 11.5. The summed E-state index contributed by atoms with van der Waals surface area (Å²) in [6.45, 7) is 3.39. The molecule has 0 saturated heterocycles. The van der Waals surface area contributed by atoms with Crippen molar-refractivity contribution in [3.05, 3.63) is 47.3 Å². The van der Waals surface area contributed by atoms with Gasteiger partial charge in [0.15, 0.2) is 6.10 Å². The van der Waals surface area contributed by atoms with Gasteiger partial charge in [0.2, 0.25) is 0 Å². The Balaban J connectivity index is 1.85. The van der Waals surface area contributed by atoms with Gasteiger partial charge in [-0.15, -0.1) is 0 Å². The molecule has 0 N–H and O–H groups in total. The van der Waals surface area contributed by atoms with Crippen LogP contribution in [0.2, 0.25) is 0 Å². The average Bonchev–Trinajstić information content (AvgIpc) is 2.91. The lowest BCUT2D eigenvalue weighted by Crippen LogP contribution is -2.26. The molecule has 2 aromatic rings. The van der Waals surface area contributed by atoms with Gasteiger partial charge in [-0.1, -0.05) is 5.16 Å². The molecule has 0 unspecified atom stereocenters. The van der Waals surface area contributed by atoms with Crippen molar-refractivity contribution in [2.24, 2.45) is 0 Å². The van der Waals surface area contributed by atoms with Crippen molar-refractivity contribution in [1.29, 1.82) is 5.26 Å². The minimum absolute atomic E-state index is 0.0389. The quantitative estimate of drug-likeness (QED) is 0.784. The molecule has 1 atom stereocenters. The maximum atomic E-state index is 11.8. The van der Waals surface area contributed by atoms with Crippen molar-refractivity contribution in [1.82, 2.24) is 5.16 Å². The van der Waals surface area contributed by atoms with Gasteiger partial charge in [0.1, 0.15) is 23.8 Å². The van der Waals surface area contributed by atoms with Gasteiger partial charge in [-0.3, -0.25) is 0 Å². The monoisotopic (exact) mass is 286 g/mol. The molecule has 0 amide bonds. The summed E-state index contributed by atoms with van der Waals surface area (Å²) in [5.41, 5.74) is 1.07. The van der Waals surface area contributed by atoms with E-state index in [0.717, 1.165) is 0 Å². The summed E-state index contributed by atoms with van der Waals surface area (Å²) in [7, 11) is 0. The summed E-state index contributed by atoms with van der Waals surface area (Å²) in [6, 6.07) is 10.2. The van der Waals surface area contributed by atoms with Gasteiger partial charge in [0, 0.05) is 6.07 Å². The average molecular weight is 286 g/mol. The topological polar surface area (TPSA) is 85.4 Å². The highest BCUT2D eigenvalue weighted by Gasteiger charge is 2.17. The fourth-order valence-electron chi connectivity index (χ4n) is 1.61. The molecule has 1 heterocycles. The Morgan fingerprint density at radius 3 is 2.71 bits per heavy atom. The molecule has 6 heteroatoms. The number of benzene rings is 1. The first-order valence-electron chi connectivity index (χ1n) is 6.34. The van der Waals surface area contributed by atoms with Gasteiger partial charge in [0.05, 0.1) is 11.6 Å². The van der Waals surface area contributed by atoms with Crippen molar-refractivity contribution in [2.45, 2.75) is 26.6 Å². The van der Waals surface area contributed by atoms with Crippen LogP contribution in [0.15, 0.2) is 34.9 Å². The minimum Gasteiger partial charge on any atom is -0.479 e. The van der Waals surface area contributed by atoms with Gasteiger partial charge in [-0.25, -0.2) is 4.79 Å². The van der Waals surface area contributed by atoms with E-state index in [1.54, 1.807) is 44.2 Å². The highest BCUT2D eigenvalue weighted by atomic mass is 16.6. The molecule has 0 aliphatic rings. The molecule has 6 nitrogen and oxygen atoms in total. The largest absolute Gasteiger partial charge is 0.479 e. The number of aromatic nitrogens is 1. The Kier molecular flexibility index (Phi) is 4.57. The maximum Gasteiger partial charge on any atom is 0.347 e. The van der Waals surface area contributed by atoms with Crippen molar-refractivity contribution in [2.75, 3.05) is 0 Å². The molecule has 0 fully saturated rings. The number of nitriles is 1. The van der Waals surface area contributed by atoms with Crippen molar-refractivity contribution < 1.29 is 18.8 Å². The van der Waals surface area contributed by atoms with E-state index in [-0.39, 0.29) is 6.61 Å². The van der Waals surface area contributed by atoms with E-state index in [4.69, 9.17) is 19.3 Å². The molecule has 1 aromatic heterocycles. The summed E-state index contributed by atoms with van der Waals surface area (Å²) in [5.74, 6) is 0.652. The molecule has 0 aliphatic heterocycles. The van der Waals surface area contributed by atoms with Crippen molar-refractivity contribution in [3.63, 3.8) is 0 Å². The second-order valence-electron chi connectivity index (χ2n) is 4.43. The van der Waals surface area contributed by atoms with Crippen LogP contribution in [-0.2, 0) is 16.1 Å². The molecule has 0 spiro atoms. The van der Waals surface area contributed by atoms with E-state index < -0.39 is 12.1 Å². The SMILES string of the molecule is Cc1cc(COC(=O)[C@H](C)Oc2ccc(C#N)cc2)no1. The third-order valence-electron chi connectivity index (χ3n) is 2.67. The van der Waals surface area contributed by atoms with Gasteiger partial charge >= 0.3 is 5.97 Å². The van der Waals surface area contributed by atoms with Gasteiger partial charge in [-0.05, 0) is 38.1 Å². The first-order chi connectivity index (χ1) is 10.1. The van der Waals surface area contributed by atoms with E-state index in [0.29, 0.717) is 22.8 Å². The summed E-state index contributed by atoms with van der Waals surface area (Å²) < 4.78 is 15.4. The van der Waals surface area contributed by atoms with Crippen LogP contribution in [0.4, 0.5) is 0 Å². The van der Waals surface area contributed by atoms with E-state index >= 15 is 0 Å². The molecule has 21 heavy (non-hydrogen) atoms. The lowest BCUT2D eigenvalue weighted by Gasteiger charge is -2.13. The highest BCUT2D eigenvalue weighted by molar-refractivity contribution is 5.74. The van der Waals surface area contributed by atoms with Crippen LogP contribution in [0.1, 0.15) is 23.9 Å². The molecule has 108 valence electrons. The molecule has 0 aliphatic carbocycles. The molecule has 2 rings (SSSR count). The summed E-state index contributed by atoms with van der Waals surface area (Å²) in [5, 5.41) is 12.4. The lowest BCUT2D eigenvalue weighted by atomic mass is 10.2. The minimum atomic E-state index is -0.758. The third-order valence-corrected chi connectivity index (χ3v) is 2.67. The molecule has 0 bridgehead atoms. The predicted molar refractivity (Wildman–Crippen MR) is 72.3 cm³/mol. The number of ether oxygens (including phenoxy) is 2. The van der Waals surface area contributed by atoms with Crippen LogP contribution in [-0.4, -0.2) is 17.2 Å². The Labute approximate surface area is 121 Å². The maximum absolute atomic E-state index is 11.8. The summed E-state index contributed by atoms with van der Waals surface area (Å²) in [4.78, 5) is 11.8. The number of esters is 1. The zero-order valence-electron chi connectivity index (χ0n) is 11.7. The number of nitrogens with zero attached hydrogens (tertiary/aromatic N) is 2. The number of rotatable bonds is 5. The van der Waals surface area contributed by atoms with Crippen LogP contribution in [0.3, 0.4) is 0 Å². The molecular weight excluding hydrogens is 272 g/mol. The van der Waals surface area contributed by atoms with Gasteiger partial charge in [-0.2, -0.15) is 5.26 Å². The van der Waals surface area contributed by atoms with Crippen LogP contribution in [0.25, 0.3) is 0 Å². The first-order valence-corrected chi connectivity index (χ1v) is 6.34. The fourth-order valence-corrected chi connectivity index (χ4v) is 1.61. The van der Waals surface area contributed by atoms with E-state index in [2.05, 4.69) is 5.16 Å². The molecule has 0 radical (unpaired) electrons. The zero-order valence-corrected chi connectivity index (χ0v) is 11.7. The van der Waals surface area contributed by atoms with E-state index in [1.165, 1.54) is 0 Å². The first kappa shape index (κ1) is 14.6. The van der Waals surface area contributed by atoms with E-state index in [9.17, 15) is 4.79 Å². The number of hydrogen-bond donors (Lipinski definition) is 0. The van der Waals surface area contributed by atoms with E-state index in [1.807, 2.05) is 6.07 Å². The second kappa shape index (κ2) is 6.57. The Morgan fingerprint density at radius 1 is 1.43 bits per heavy atom. The summed E-state index contributed by atoms with van der Waals surface area (Å²) >= 11 is 0. The third kappa shape index (κ3) is 4.08. The van der Waals surface area contributed by atoms with Crippen LogP contribution in [0, 0.1) is 18.3 Å². The zero-order chi connectivity index (χ0) is 15.2. The molecular formula is C15H14N2O4. The van der Waals surface area contributed by atoms with Crippen LogP contribution >= 0.6 is 0 Å². The van der Waals surface area contributed by atoms with Gasteiger partial charge < -0.3 is 14.0 Å². The van der Waals surface area contributed by atoms with Crippen LogP contribution in [0.5, 0.6) is 5.75 Å². The standard InChI is InChI=1S/C15H14N2O4/c1-10-7-13(17-21-10)9-19-15(18)11(2)20-14-5-3-12(8-16)4-6-14/h3-7,11H,9H2,1-2H3/t11-/m0/s1. The van der Waals surface area contributed by atoms with Crippen LogP contribution < -0.4 is 4.74 Å². The lowest BCUT2D eigenvalue weighted by molar-refractivity contribution is -0.152. The number of carbonyl (C=O) groups is 1. The summed E-state index contributed by atoms with van der Waals surface area (Å²) in [6.07, 6.45) is -0.758. The fraction of sp³-hybridized carbons (Fsp3) is 0.267. The highest BCUT2D eigenvalue weighted by Crippen LogP contribution is 2.14. The Morgan fingerprint density at radius 2 is 2.14 bits per heavy atom. The van der Waals surface area contributed by atoms with Crippen molar-refractivity contribution >= 4 is 5.97 Å².